The number of carbonyl (C=O) groups excluding carboxylic acids is 2. The molecule has 0 aliphatic carbocycles. The number of anilines is 1. The summed E-state index contributed by atoms with van der Waals surface area (Å²) in [5.74, 6) is -0.281. The average molecular weight is 475 g/mol. The molecule has 3 aromatic carbocycles. The fraction of sp³-hybridized carbons (Fsp3) is 0.286. The van der Waals surface area contributed by atoms with Gasteiger partial charge in [0.2, 0.25) is 0 Å². The molecule has 1 heterocycles. The Hall–Kier alpha value is -3.25. The van der Waals surface area contributed by atoms with Crippen molar-refractivity contribution >= 4 is 28.3 Å². The van der Waals surface area contributed by atoms with Crippen LogP contribution < -0.4 is 4.90 Å². The van der Waals surface area contributed by atoms with Crippen LogP contribution in [0.15, 0.2) is 76.5 Å². The van der Waals surface area contributed by atoms with E-state index in [0.29, 0.717) is 46.2 Å². The van der Waals surface area contributed by atoms with Crippen LogP contribution in [0.4, 0.5) is 5.69 Å². The summed E-state index contributed by atoms with van der Waals surface area (Å²) in [5.41, 5.74) is 3.53. The molecule has 3 aromatic rings. The molecule has 0 bridgehead atoms. The number of benzene rings is 3. The quantitative estimate of drug-likeness (QED) is 0.449. The van der Waals surface area contributed by atoms with Gasteiger partial charge in [0.15, 0.2) is 0 Å². The van der Waals surface area contributed by atoms with E-state index in [1.165, 1.54) is 0 Å². The van der Waals surface area contributed by atoms with E-state index in [-0.39, 0.29) is 11.8 Å². The minimum Gasteiger partial charge on any atom is -0.339 e. The van der Waals surface area contributed by atoms with E-state index in [0.717, 1.165) is 24.0 Å². The van der Waals surface area contributed by atoms with E-state index >= 15 is 0 Å². The maximum absolute atomic E-state index is 13.8. The molecular weight excluding hydrogens is 444 g/mol. The first-order valence-electron chi connectivity index (χ1n) is 11.8. The van der Waals surface area contributed by atoms with Crippen LogP contribution in [0.3, 0.4) is 0 Å². The molecule has 5 nitrogen and oxygen atoms in total. The zero-order valence-electron chi connectivity index (χ0n) is 19.9. The average Bonchev–Trinajstić information content (AvgIpc) is 2.94. The van der Waals surface area contributed by atoms with Crippen molar-refractivity contribution in [1.29, 1.82) is 0 Å². The Labute approximate surface area is 203 Å². The van der Waals surface area contributed by atoms with Gasteiger partial charge < -0.3 is 9.80 Å². The summed E-state index contributed by atoms with van der Waals surface area (Å²) in [5, 5.41) is 0. The van der Waals surface area contributed by atoms with Gasteiger partial charge in [0.1, 0.15) is 0 Å². The van der Waals surface area contributed by atoms with Gasteiger partial charge in [0, 0.05) is 18.7 Å². The lowest BCUT2D eigenvalue weighted by Crippen LogP contribution is -2.33. The van der Waals surface area contributed by atoms with E-state index in [1.807, 2.05) is 36.1 Å². The highest BCUT2D eigenvalue weighted by atomic mass is 32.2. The summed E-state index contributed by atoms with van der Waals surface area (Å²) in [6, 6.07) is 20.2. The highest BCUT2D eigenvalue weighted by Crippen LogP contribution is 2.36. The largest absolute Gasteiger partial charge is 0.339 e. The predicted octanol–water partition coefficient (Wildman–Crippen LogP) is 5.58. The van der Waals surface area contributed by atoms with E-state index < -0.39 is 10.8 Å². The Bertz CT molecular complexity index is 1250. The lowest BCUT2D eigenvalue weighted by Gasteiger charge is -2.26. The van der Waals surface area contributed by atoms with Gasteiger partial charge in [-0.1, -0.05) is 50.2 Å². The molecule has 0 saturated carbocycles. The van der Waals surface area contributed by atoms with Crippen molar-refractivity contribution in [2.45, 2.75) is 49.9 Å². The first-order chi connectivity index (χ1) is 16.5. The third-order valence-electron chi connectivity index (χ3n) is 6.12. The molecule has 0 saturated heterocycles. The van der Waals surface area contributed by atoms with Crippen molar-refractivity contribution in [2.24, 2.45) is 0 Å². The first kappa shape index (κ1) is 23.9. The second-order valence-electron chi connectivity index (χ2n) is 8.56. The molecule has 1 atom stereocenters. The van der Waals surface area contributed by atoms with Gasteiger partial charge >= 0.3 is 0 Å². The number of fused-ring (bicyclic) bond motifs is 2. The lowest BCUT2D eigenvalue weighted by molar-refractivity contribution is 0.0755. The van der Waals surface area contributed by atoms with Gasteiger partial charge in [0.05, 0.1) is 38.4 Å². The third kappa shape index (κ3) is 4.55. The maximum Gasteiger partial charge on any atom is 0.259 e. The highest BCUT2D eigenvalue weighted by Gasteiger charge is 2.32. The number of nitrogens with zero attached hydrogens (tertiary/aromatic N) is 2. The Morgan fingerprint density at radius 3 is 2.29 bits per heavy atom. The van der Waals surface area contributed by atoms with Gasteiger partial charge in [-0.25, -0.2) is 4.21 Å². The minimum absolute atomic E-state index is 0.0673. The Morgan fingerprint density at radius 2 is 1.59 bits per heavy atom. The normalized spacial score (nSPS) is 14.9. The Kier molecular flexibility index (Phi) is 7.27. The SMILES string of the molecule is CCCN(CCC)C(=O)c1ccc2c(c1)N(Cc1ccccc1C)C(=O)c1ccccc1S2=O. The Morgan fingerprint density at radius 1 is 0.912 bits per heavy atom. The van der Waals surface area contributed by atoms with Crippen molar-refractivity contribution in [3.8, 4) is 0 Å². The lowest BCUT2D eigenvalue weighted by atomic mass is 10.1. The van der Waals surface area contributed by atoms with Gasteiger partial charge in [-0.15, -0.1) is 0 Å². The van der Waals surface area contributed by atoms with Crippen LogP contribution in [0.5, 0.6) is 0 Å². The first-order valence-corrected chi connectivity index (χ1v) is 12.9. The number of carbonyl (C=O) groups is 2. The molecule has 1 aliphatic rings. The summed E-state index contributed by atoms with van der Waals surface area (Å²) in [6.07, 6.45) is 1.74. The summed E-state index contributed by atoms with van der Waals surface area (Å²) in [7, 11) is -1.54. The second-order valence-corrected chi connectivity index (χ2v) is 9.97. The number of hydrogen-bond acceptors (Lipinski definition) is 3. The fourth-order valence-corrected chi connectivity index (χ4v) is 5.69. The van der Waals surface area contributed by atoms with Crippen molar-refractivity contribution in [1.82, 2.24) is 4.90 Å². The molecule has 0 N–H and O–H groups in total. The molecule has 34 heavy (non-hydrogen) atoms. The fourth-order valence-electron chi connectivity index (χ4n) is 4.35. The van der Waals surface area contributed by atoms with Crippen molar-refractivity contribution in [3.05, 3.63) is 89.0 Å². The molecule has 0 spiro atoms. The summed E-state index contributed by atoms with van der Waals surface area (Å²) in [4.78, 5) is 31.7. The van der Waals surface area contributed by atoms with E-state index in [4.69, 9.17) is 0 Å². The van der Waals surface area contributed by atoms with Crippen molar-refractivity contribution < 1.29 is 13.8 Å². The van der Waals surface area contributed by atoms with Crippen LogP contribution in [0.1, 0.15) is 58.5 Å². The Balaban J connectivity index is 1.86. The topological polar surface area (TPSA) is 57.7 Å². The summed E-state index contributed by atoms with van der Waals surface area (Å²) >= 11 is 0. The number of aryl methyl sites for hydroxylation is 1. The van der Waals surface area contributed by atoms with Crippen LogP contribution >= 0.6 is 0 Å². The van der Waals surface area contributed by atoms with E-state index in [2.05, 4.69) is 13.8 Å². The minimum atomic E-state index is -1.54. The van der Waals surface area contributed by atoms with Crippen LogP contribution in [-0.4, -0.2) is 34.0 Å². The van der Waals surface area contributed by atoms with Gasteiger partial charge in [-0.3, -0.25) is 9.59 Å². The number of rotatable bonds is 7. The van der Waals surface area contributed by atoms with Gasteiger partial charge in [-0.05, 0) is 61.2 Å². The molecular formula is C28H30N2O3S. The molecule has 1 unspecified atom stereocenters. The zero-order chi connectivity index (χ0) is 24.2. The van der Waals surface area contributed by atoms with Crippen LogP contribution in [0.25, 0.3) is 0 Å². The number of hydrogen-bond donors (Lipinski definition) is 0. The standard InChI is InChI=1S/C28H30N2O3S/c1-4-16-29(17-5-2)27(31)21-14-15-26-24(18-21)30(19-22-11-7-6-10-20(22)3)28(32)23-12-8-9-13-25(23)34(26)33/h6-15,18H,4-5,16-17,19H2,1-3H3. The second kappa shape index (κ2) is 10.3. The summed E-state index contributed by atoms with van der Waals surface area (Å²) < 4.78 is 13.6. The molecule has 176 valence electrons. The van der Waals surface area contributed by atoms with Gasteiger partial charge in [-0.2, -0.15) is 0 Å². The summed E-state index contributed by atoms with van der Waals surface area (Å²) in [6.45, 7) is 7.79. The van der Waals surface area contributed by atoms with E-state index in [1.54, 1.807) is 47.4 Å². The smallest absolute Gasteiger partial charge is 0.259 e. The van der Waals surface area contributed by atoms with Crippen molar-refractivity contribution in [2.75, 3.05) is 18.0 Å². The predicted molar refractivity (Wildman–Crippen MR) is 136 cm³/mol. The van der Waals surface area contributed by atoms with E-state index in [9.17, 15) is 13.8 Å². The molecule has 0 fully saturated rings. The van der Waals surface area contributed by atoms with Gasteiger partial charge in [0.25, 0.3) is 11.8 Å². The third-order valence-corrected chi connectivity index (χ3v) is 7.62. The van der Waals surface area contributed by atoms with Crippen LogP contribution in [0, 0.1) is 6.92 Å². The monoisotopic (exact) mass is 474 g/mol. The zero-order valence-corrected chi connectivity index (χ0v) is 20.7. The van der Waals surface area contributed by atoms with Crippen molar-refractivity contribution in [3.63, 3.8) is 0 Å². The molecule has 1 aliphatic heterocycles. The number of amides is 2. The molecule has 0 radical (unpaired) electrons. The van der Waals surface area contributed by atoms with Crippen LogP contribution in [-0.2, 0) is 17.3 Å². The van der Waals surface area contributed by atoms with Crippen LogP contribution in [0.2, 0.25) is 0 Å². The molecule has 0 aromatic heterocycles. The highest BCUT2D eigenvalue weighted by molar-refractivity contribution is 7.85. The molecule has 2 amide bonds. The molecule has 6 heteroatoms. The molecule has 4 rings (SSSR count). The maximum atomic E-state index is 13.8.